The predicted molar refractivity (Wildman–Crippen MR) is 85.1 cm³/mol. The van der Waals surface area contributed by atoms with Gasteiger partial charge in [0.25, 0.3) is 0 Å². The summed E-state index contributed by atoms with van der Waals surface area (Å²) < 4.78 is 9.81. The maximum absolute atomic E-state index is 12.2. The number of carboxylic acid groups (broad SMARTS) is 1. The number of amides is 1. The fraction of sp³-hybridized carbons (Fsp3) is 0.824. The minimum absolute atomic E-state index is 0.186. The summed E-state index contributed by atoms with van der Waals surface area (Å²) >= 11 is 0. The molecule has 136 valence electrons. The van der Waals surface area contributed by atoms with E-state index >= 15 is 0 Å². The average molecular weight is 341 g/mol. The SMILES string of the molecule is CC(=O)O[C@@H](C)OC(=O)N1C[C@@H](CC2CCCCC2)C[C@H]1C(=O)O. The van der Waals surface area contributed by atoms with Crippen molar-refractivity contribution in [1.29, 1.82) is 0 Å². The molecule has 3 atom stereocenters. The monoisotopic (exact) mass is 341 g/mol. The summed E-state index contributed by atoms with van der Waals surface area (Å²) in [4.78, 5) is 35.9. The fourth-order valence-corrected chi connectivity index (χ4v) is 3.89. The lowest BCUT2D eigenvalue weighted by atomic mass is 9.82. The molecule has 7 heteroatoms. The molecule has 1 amide bonds. The molecule has 0 unspecified atom stereocenters. The van der Waals surface area contributed by atoms with Crippen molar-refractivity contribution in [3.63, 3.8) is 0 Å². The van der Waals surface area contributed by atoms with Crippen molar-refractivity contribution in [2.75, 3.05) is 6.54 Å². The molecule has 24 heavy (non-hydrogen) atoms. The van der Waals surface area contributed by atoms with Gasteiger partial charge in [-0.1, -0.05) is 32.1 Å². The molecule has 0 aromatic rings. The number of carboxylic acids is 1. The van der Waals surface area contributed by atoms with Gasteiger partial charge in [0.05, 0.1) is 0 Å². The molecule has 0 aromatic heterocycles. The number of hydrogen-bond acceptors (Lipinski definition) is 5. The average Bonchev–Trinajstić information content (AvgIpc) is 2.91. The zero-order valence-corrected chi connectivity index (χ0v) is 14.4. The van der Waals surface area contributed by atoms with Crippen LogP contribution in [-0.4, -0.2) is 46.9 Å². The molecule has 2 aliphatic rings. The molecule has 2 rings (SSSR count). The van der Waals surface area contributed by atoms with Crippen molar-refractivity contribution in [3.05, 3.63) is 0 Å². The lowest BCUT2D eigenvalue weighted by molar-refractivity contribution is -0.164. The minimum atomic E-state index is -1.03. The summed E-state index contributed by atoms with van der Waals surface area (Å²) in [5, 5.41) is 9.40. The highest BCUT2D eigenvalue weighted by Crippen LogP contribution is 2.35. The Morgan fingerprint density at radius 1 is 1.12 bits per heavy atom. The smallest absolute Gasteiger partial charge is 0.413 e. The van der Waals surface area contributed by atoms with E-state index in [2.05, 4.69) is 0 Å². The molecule has 7 nitrogen and oxygen atoms in total. The van der Waals surface area contributed by atoms with Crippen LogP contribution >= 0.6 is 0 Å². The first-order chi connectivity index (χ1) is 11.4. The number of esters is 1. The lowest BCUT2D eigenvalue weighted by Gasteiger charge is -2.25. The molecular weight excluding hydrogens is 314 g/mol. The van der Waals surface area contributed by atoms with Gasteiger partial charge in [-0.2, -0.15) is 0 Å². The highest BCUT2D eigenvalue weighted by atomic mass is 16.7. The van der Waals surface area contributed by atoms with Crippen LogP contribution in [-0.2, 0) is 19.1 Å². The zero-order chi connectivity index (χ0) is 17.7. The fourth-order valence-electron chi connectivity index (χ4n) is 3.89. The van der Waals surface area contributed by atoms with Crippen molar-refractivity contribution in [3.8, 4) is 0 Å². The summed E-state index contributed by atoms with van der Waals surface area (Å²) in [5.41, 5.74) is 0. The Kier molecular flexibility index (Phi) is 6.45. The van der Waals surface area contributed by atoms with E-state index < -0.39 is 30.4 Å². The number of likely N-dealkylation sites (tertiary alicyclic amines) is 1. The van der Waals surface area contributed by atoms with Gasteiger partial charge < -0.3 is 14.6 Å². The molecule has 1 aliphatic carbocycles. The molecule has 1 saturated heterocycles. The summed E-state index contributed by atoms with van der Waals surface area (Å²) in [7, 11) is 0. The van der Waals surface area contributed by atoms with Gasteiger partial charge in [0.2, 0.25) is 6.29 Å². The lowest BCUT2D eigenvalue weighted by Crippen LogP contribution is -2.42. The first kappa shape index (κ1) is 18.5. The standard InChI is InChI=1S/C17H27NO6/c1-11(19)23-12(2)24-17(22)18-10-14(9-15(18)16(20)21)8-13-6-4-3-5-7-13/h12-15H,3-10H2,1-2H3,(H,20,21)/t12-,14+,15+/m1/s1. The quantitative estimate of drug-likeness (QED) is 0.610. The Balaban J connectivity index is 1.92. The third-order valence-corrected chi connectivity index (χ3v) is 4.90. The van der Waals surface area contributed by atoms with E-state index in [9.17, 15) is 19.5 Å². The highest BCUT2D eigenvalue weighted by Gasteiger charge is 2.41. The van der Waals surface area contributed by atoms with Gasteiger partial charge in [0.1, 0.15) is 6.04 Å². The van der Waals surface area contributed by atoms with E-state index in [1.165, 1.54) is 50.9 Å². The van der Waals surface area contributed by atoms with E-state index in [1.54, 1.807) is 0 Å². The predicted octanol–water partition coefficient (Wildman–Crippen LogP) is 2.78. The van der Waals surface area contributed by atoms with Gasteiger partial charge in [-0.3, -0.25) is 9.69 Å². The second-order valence-corrected chi connectivity index (χ2v) is 6.91. The minimum Gasteiger partial charge on any atom is -0.480 e. The van der Waals surface area contributed by atoms with Crippen molar-refractivity contribution in [1.82, 2.24) is 4.90 Å². The first-order valence-corrected chi connectivity index (χ1v) is 8.74. The van der Waals surface area contributed by atoms with Crippen LogP contribution in [0.4, 0.5) is 4.79 Å². The third-order valence-electron chi connectivity index (χ3n) is 4.90. The third kappa shape index (κ3) is 5.11. The van der Waals surface area contributed by atoms with Crippen LogP contribution in [0.25, 0.3) is 0 Å². The Labute approximate surface area is 142 Å². The molecular formula is C17H27NO6. The van der Waals surface area contributed by atoms with Crippen LogP contribution in [0, 0.1) is 11.8 Å². The van der Waals surface area contributed by atoms with E-state index in [1.807, 2.05) is 0 Å². The number of nitrogens with zero attached hydrogens (tertiary/aromatic N) is 1. The van der Waals surface area contributed by atoms with Gasteiger partial charge in [0.15, 0.2) is 0 Å². The highest BCUT2D eigenvalue weighted by molar-refractivity contribution is 5.80. The van der Waals surface area contributed by atoms with Crippen LogP contribution in [0.3, 0.4) is 0 Å². The maximum Gasteiger partial charge on any atom is 0.413 e. The largest absolute Gasteiger partial charge is 0.480 e. The van der Waals surface area contributed by atoms with E-state index in [4.69, 9.17) is 9.47 Å². The molecule has 1 N–H and O–H groups in total. The number of carbonyl (C=O) groups excluding carboxylic acids is 2. The molecule has 0 radical (unpaired) electrons. The molecule has 2 fully saturated rings. The van der Waals surface area contributed by atoms with Crippen LogP contribution in [0.2, 0.25) is 0 Å². The van der Waals surface area contributed by atoms with Crippen molar-refractivity contribution < 1.29 is 29.0 Å². The van der Waals surface area contributed by atoms with Gasteiger partial charge in [-0.15, -0.1) is 0 Å². The molecule has 0 spiro atoms. The van der Waals surface area contributed by atoms with E-state index in [0.29, 0.717) is 18.9 Å². The van der Waals surface area contributed by atoms with Gasteiger partial charge in [0, 0.05) is 20.4 Å². The van der Waals surface area contributed by atoms with Crippen molar-refractivity contribution in [2.45, 2.75) is 71.1 Å². The van der Waals surface area contributed by atoms with Crippen LogP contribution < -0.4 is 0 Å². The van der Waals surface area contributed by atoms with Gasteiger partial charge >= 0.3 is 18.0 Å². The molecule has 1 saturated carbocycles. The van der Waals surface area contributed by atoms with Crippen molar-refractivity contribution >= 4 is 18.0 Å². The van der Waals surface area contributed by atoms with Crippen LogP contribution in [0.1, 0.15) is 58.8 Å². The number of ether oxygens (including phenoxy) is 2. The number of hydrogen-bond donors (Lipinski definition) is 1. The normalized spacial score (nSPS) is 26.0. The summed E-state index contributed by atoms with van der Waals surface area (Å²) in [5.74, 6) is -0.750. The maximum atomic E-state index is 12.2. The first-order valence-electron chi connectivity index (χ1n) is 8.74. The Hall–Kier alpha value is -1.79. The summed E-state index contributed by atoms with van der Waals surface area (Å²) in [6, 6.07) is -0.865. The van der Waals surface area contributed by atoms with E-state index in [0.717, 1.165) is 6.42 Å². The van der Waals surface area contributed by atoms with Crippen LogP contribution in [0.5, 0.6) is 0 Å². The Morgan fingerprint density at radius 2 is 1.79 bits per heavy atom. The topological polar surface area (TPSA) is 93.1 Å². The van der Waals surface area contributed by atoms with Crippen molar-refractivity contribution in [2.24, 2.45) is 11.8 Å². The van der Waals surface area contributed by atoms with E-state index in [-0.39, 0.29) is 5.92 Å². The van der Waals surface area contributed by atoms with Gasteiger partial charge in [-0.05, 0) is 24.7 Å². The summed E-state index contributed by atoms with van der Waals surface area (Å²) in [6.45, 7) is 3.05. The van der Waals surface area contributed by atoms with Gasteiger partial charge in [-0.25, -0.2) is 9.59 Å². The Morgan fingerprint density at radius 3 is 2.38 bits per heavy atom. The Bertz CT molecular complexity index is 474. The van der Waals surface area contributed by atoms with Crippen LogP contribution in [0.15, 0.2) is 0 Å². The second kappa shape index (κ2) is 8.35. The number of rotatable bonds is 5. The second-order valence-electron chi connectivity index (χ2n) is 6.91. The molecule has 1 heterocycles. The molecule has 0 bridgehead atoms. The number of carbonyl (C=O) groups is 3. The molecule has 1 aliphatic heterocycles. The number of aliphatic carboxylic acids is 1. The summed E-state index contributed by atoms with van der Waals surface area (Å²) in [6.07, 6.45) is 5.83. The zero-order valence-electron chi connectivity index (χ0n) is 14.4. The molecule has 0 aromatic carbocycles.